The zero-order chi connectivity index (χ0) is 20.8. The van der Waals surface area contributed by atoms with E-state index in [1.807, 2.05) is 6.92 Å². The van der Waals surface area contributed by atoms with Crippen LogP contribution in [-0.4, -0.2) is 40.7 Å². The first kappa shape index (κ1) is 19.9. The lowest BCUT2D eigenvalue weighted by molar-refractivity contribution is -0.119. The van der Waals surface area contributed by atoms with E-state index >= 15 is 0 Å². The van der Waals surface area contributed by atoms with Gasteiger partial charge in [-0.05, 0) is 36.8 Å². The number of nitrogens with zero attached hydrogens (tertiary/aromatic N) is 2. The normalized spacial score (nSPS) is 10.4. The van der Waals surface area contributed by atoms with Crippen molar-refractivity contribution in [2.45, 2.75) is 13.5 Å². The number of nitrogens with one attached hydrogen (secondary N) is 2. The van der Waals surface area contributed by atoms with Gasteiger partial charge < -0.3 is 20.5 Å². The third kappa shape index (κ3) is 5.10. The summed E-state index contributed by atoms with van der Waals surface area (Å²) in [6, 6.07) is 12.2. The Morgan fingerprint density at radius 2 is 1.90 bits per heavy atom. The number of aryl methyl sites for hydroxylation is 1. The molecule has 0 spiro atoms. The third-order valence-corrected chi connectivity index (χ3v) is 4.05. The molecule has 1 aromatic heterocycles. The maximum atomic E-state index is 12.4. The van der Waals surface area contributed by atoms with Gasteiger partial charge >= 0.3 is 0 Å². The Bertz CT molecular complexity index is 1010. The van der Waals surface area contributed by atoms with Crippen LogP contribution in [0.25, 0.3) is 11.4 Å². The molecule has 0 aliphatic carbocycles. The van der Waals surface area contributed by atoms with Gasteiger partial charge in [-0.15, -0.1) is 0 Å². The molecule has 150 valence electrons. The van der Waals surface area contributed by atoms with E-state index in [2.05, 4.69) is 20.5 Å². The van der Waals surface area contributed by atoms with E-state index in [1.165, 1.54) is 7.11 Å². The van der Waals surface area contributed by atoms with Crippen molar-refractivity contribution in [2.24, 2.45) is 5.73 Å². The highest BCUT2D eigenvalue weighted by Crippen LogP contribution is 2.28. The molecular formula is C20H21N5O4. The first-order valence-electron chi connectivity index (χ1n) is 8.82. The van der Waals surface area contributed by atoms with Crippen molar-refractivity contribution in [2.75, 3.05) is 13.7 Å². The van der Waals surface area contributed by atoms with Crippen LogP contribution in [0.5, 0.6) is 11.5 Å². The van der Waals surface area contributed by atoms with Gasteiger partial charge in [0.1, 0.15) is 5.82 Å². The molecule has 0 saturated carbocycles. The number of H-pyrrole nitrogens is 1. The molecule has 2 aromatic carbocycles. The van der Waals surface area contributed by atoms with E-state index in [0.29, 0.717) is 29.4 Å². The van der Waals surface area contributed by atoms with E-state index < -0.39 is 5.91 Å². The lowest BCUT2D eigenvalue weighted by Gasteiger charge is -2.12. The molecule has 0 radical (unpaired) electrons. The molecule has 4 N–H and O–H groups in total. The molecule has 3 aromatic rings. The van der Waals surface area contributed by atoms with Crippen molar-refractivity contribution in [3.05, 3.63) is 59.4 Å². The number of methoxy groups -OCH3 is 1. The van der Waals surface area contributed by atoms with Crippen LogP contribution in [0.4, 0.5) is 0 Å². The topological polar surface area (TPSA) is 132 Å². The molecule has 0 aliphatic rings. The van der Waals surface area contributed by atoms with Crippen molar-refractivity contribution >= 4 is 11.8 Å². The lowest BCUT2D eigenvalue weighted by Crippen LogP contribution is -2.23. The average Bonchev–Trinajstić information content (AvgIpc) is 3.17. The van der Waals surface area contributed by atoms with E-state index in [-0.39, 0.29) is 12.5 Å². The summed E-state index contributed by atoms with van der Waals surface area (Å²) in [6.07, 6.45) is 0. The molecule has 0 aliphatic heterocycles. The van der Waals surface area contributed by atoms with Crippen LogP contribution in [0.3, 0.4) is 0 Å². The minimum atomic E-state index is -0.576. The number of carbonyl (C=O) groups excluding carboxylic acids is 2. The zero-order valence-electron chi connectivity index (χ0n) is 16.1. The number of aromatic nitrogens is 3. The predicted molar refractivity (Wildman–Crippen MR) is 105 cm³/mol. The van der Waals surface area contributed by atoms with Gasteiger partial charge in [-0.3, -0.25) is 14.7 Å². The molecule has 0 fully saturated rings. The van der Waals surface area contributed by atoms with E-state index in [1.54, 1.807) is 42.5 Å². The maximum Gasteiger partial charge on any atom is 0.255 e. The average molecular weight is 395 g/mol. The Hall–Kier alpha value is -3.88. The standard InChI is InChI=1S/C20H21N5O4/c1-12-23-19(25-24-12)14-4-6-15(7-5-14)20(27)22-10-13-3-8-16(17(9-13)28-2)29-11-18(21)26/h3-9H,10-11H2,1-2H3,(H2,21,26)(H,22,27)(H,23,24,25). The van der Waals surface area contributed by atoms with Crippen LogP contribution in [0.2, 0.25) is 0 Å². The maximum absolute atomic E-state index is 12.4. The van der Waals surface area contributed by atoms with Gasteiger partial charge in [-0.25, -0.2) is 4.98 Å². The molecule has 29 heavy (non-hydrogen) atoms. The van der Waals surface area contributed by atoms with Gasteiger partial charge in [0.15, 0.2) is 23.9 Å². The second-order valence-electron chi connectivity index (χ2n) is 6.24. The van der Waals surface area contributed by atoms with Crippen LogP contribution < -0.4 is 20.5 Å². The van der Waals surface area contributed by atoms with Gasteiger partial charge in [0.25, 0.3) is 11.8 Å². The SMILES string of the molecule is COc1cc(CNC(=O)c2ccc(-c3n[nH]c(C)n3)cc2)ccc1OCC(N)=O. The number of benzene rings is 2. The third-order valence-electron chi connectivity index (χ3n) is 4.05. The van der Waals surface area contributed by atoms with E-state index in [9.17, 15) is 9.59 Å². The highest BCUT2D eigenvalue weighted by Gasteiger charge is 2.10. The molecule has 0 atom stereocenters. The summed E-state index contributed by atoms with van der Waals surface area (Å²) in [5.41, 5.74) is 7.24. The van der Waals surface area contributed by atoms with E-state index in [4.69, 9.17) is 15.2 Å². The molecule has 0 bridgehead atoms. The van der Waals surface area contributed by atoms with Crippen molar-refractivity contribution < 1.29 is 19.1 Å². The fourth-order valence-corrected chi connectivity index (χ4v) is 2.62. The summed E-state index contributed by atoms with van der Waals surface area (Å²) < 4.78 is 10.6. The Labute approximate surface area is 167 Å². The first-order valence-corrected chi connectivity index (χ1v) is 8.82. The number of amides is 2. The molecule has 3 rings (SSSR count). The van der Waals surface area contributed by atoms with Gasteiger partial charge in [0, 0.05) is 17.7 Å². The summed E-state index contributed by atoms with van der Waals surface area (Å²) in [7, 11) is 1.49. The summed E-state index contributed by atoms with van der Waals surface area (Å²) in [5, 5.41) is 9.74. The van der Waals surface area contributed by atoms with Crippen molar-refractivity contribution in [3.63, 3.8) is 0 Å². The molecular weight excluding hydrogens is 374 g/mol. The van der Waals surface area contributed by atoms with Crippen LogP contribution in [0, 0.1) is 6.92 Å². The molecule has 9 heteroatoms. The highest BCUT2D eigenvalue weighted by atomic mass is 16.5. The second-order valence-corrected chi connectivity index (χ2v) is 6.24. The fourth-order valence-electron chi connectivity index (χ4n) is 2.62. The first-order chi connectivity index (χ1) is 14.0. The quantitative estimate of drug-likeness (QED) is 0.530. The van der Waals surface area contributed by atoms with Gasteiger partial charge in [0.2, 0.25) is 0 Å². The van der Waals surface area contributed by atoms with Crippen LogP contribution in [0.1, 0.15) is 21.7 Å². The van der Waals surface area contributed by atoms with Crippen LogP contribution in [-0.2, 0) is 11.3 Å². The Kier molecular flexibility index (Phi) is 6.08. The Morgan fingerprint density at radius 1 is 1.14 bits per heavy atom. The summed E-state index contributed by atoms with van der Waals surface area (Å²) >= 11 is 0. The van der Waals surface area contributed by atoms with Crippen LogP contribution in [0.15, 0.2) is 42.5 Å². The minimum Gasteiger partial charge on any atom is -0.493 e. The number of aromatic amines is 1. The fraction of sp³-hybridized carbons (Fsp3) is 0.200. The van der Waals surface area contributed by atoms with Crippen molar-refractivity contribution in [1.82, 2.24) is 20.5 Å². The zero-order valence-corrected chi connectivity index (χ0v) is 16.1. The van der Waals surface area contributed by atoms with Crippen LogP contribution >= 0.6 is 0 Å². The number of hydrogen-bond donors (Lipinski definition) is 3. The summed E-state index contributed by atoms with van der Waals surface area (Å²) in [5.74, 6) is 1.37. The minimum absolute atomic E-state index is 0.212. The molecule has 2 amide bonds. The summed E-state index contributed by atoms with van der Waals surface area (Å²) in [4.78, 5) is 27.5. The number of primary amides is 1. The molecule has 0 unspecified atom stereocenters. The monoisotopic (exact) mass is 395 g/mol. The Morgan fingerprint density at radius 3 is 2.52 bits per heavy atom. The number of nitrogens with two attached hydrogens (primary N) is 1. The number of rotatable bonds is 8. The largest absolute Gasteiger partial charge is 0.493 e. The predicted octanol–water partition coefficient (Wildman–Crippen LogP) is 1.58. The van der Waals surface area contributed by atoms with E-state index in [0.717, 1.165) is 17.0 Å². The van der Waals surface area contributed by atoms with Gasteiger partial charge in [-0.2, -0.15) is 5.10 Å². The number of ether oxygens (including phenoxy) is 2. The lowest BCUT2D eigenvalue weighted by atomic mass is 10.1. The number of hydrogen-bond acceptors (Lipinski definition) is 6. The highest BCUT2D eigenvalue weighted by molar-refractivity contribution is 5.94. The smallest absolute Gasteiger partial charge is 0.255 e. The Balaban J connectivity index is 1.62. The molecule has 1 heterocycles. The number of carbonyl (C=O) groups is 2. The second kappa shape index (κ2) is 8.87. The summed E-state index contributed by atoms with van der Waals surface area (Å²) in [6.45, 7) is 1.88. The molecule has 0 saturated heterocycles. The van der Waals surface area contributed by atoms with Crippen molar-refractivity contribution in [3.8, 4) is 22.9 Å². The van der Waals surface area contributed by atoms with Gasteiger partial charge in [-0.1, -0.05) is 18.2 Å². The van der Waals surface area contributed by atoms with Gasteiger partial charge in [0.05, 0.1) is 7.11 Å². The van der Waals surface area contributed by atoms with Crippen molar-refractivity contribution in [1.29, 1.82) is 0 Å². The molecule has 9 nitrogen and oxygen atoms in total.